The first kappa shape index (κ1) is 23.0. The molecule has 0 spiro atoms. The molecular weight excluding hydrogens is 463 g/mol. The van der Waals surface area contributed by atoms with E-state index in [1.165, 1.54) is 18.2 Å². The molecule has 2 rings (SSSR count). The van der Waals surface area contributed by atoms with E-state index >= 15 is 0 Å². The molecule has 0 aromatic heterocycles. The van der Waals surface area contributed by atoms with Crippen molar-refractivity contribution in [2.45, 2.75) is 4.90 Å². The van der Waals surface area contributed by atoms with Gasteiger partial charge in [0.2, 0.25) is 10.0 Å². The van der Waals surface area contributed by atoms with E-state index in [0.29, 0.717) is 0 Å². The molecule has 0 saturated heterocycles. The van der Waals surface area contributed by atoms with Crippen LogP contribution in [-0.4, -0.2) is 25.3 Å². The van der Waals surface area contributed by atoms with Crippen molar-refractivity contribution in [1.82, 2.24) is 0 Å². The van der Waals surface area contributed by atoms with Crippen molar-refractivity contribution in [3.8, 4) is 0 Å². The van der Waals surface area contributed by atoms with Gasteiger partial charge in [-0.3, -0.25) is 0 Å². The van der Waals surface area contributed by atoms with Crippen molar-refractivity contribution in [2.24, 2.45) is 13.9 Å². The molecule has 0 saturated carbocycles. The summed E-state index contributed by atoms with van der Waals surface area (Å²) in [5, 5.41) is 4.98. The lowest BCUT2D eigenvalue weighted by molar-refractivity contribution is 0.597. The lowest BCUT2D eigenvalue weighted by atomic mass is 10.2. The van der Waals surface area contributed by atoms with E-state index < -0.39 is 31.0 Å². The fourth-order valence-electron chi connectivity index (χ4n) is 1.55. The summed E-state index contributed by atoms with van der Waals surface area (Å²) in [7, 11) is -9.06. The molecule has 0 amide bonds. The lowest BCUT2D eigenvalue weighted by Gasteiger charge is -2.00. The van der Waals surface area contributed by atoms with E-state index in [2.05, 4.69) is 8.73 Å². The number of primary sulfonamides is 1. The predicted molar refractivity (Wildman–Crippen MR) is 101 cm³/mol. The highest BCUT2D eigenvalue weighted by molar-refractivity contribution is 7.89. The molecule has 0 unspecified atom stereocenters. The molecule has 15 heteroatoms. The number of sulfonamides is 1. The van der Waals surface area contributed by atoms with Gasteiger partial charge in [-0.2, -0.15) is 16.8 Å². The zero-order chi connectivity index (χ0) is 20.8. The SMILES string of the molecule is NS(=O)(=O)c1ccccc1Cl.Nc1cc(Cl)c(N=S(=O)=O)cc1N=S(=O)=O. The molecule has 0 bridgehead atoms. The van der Waals surface area contributed by atoms with Gasteiger partial charge in [0.15, 0.2) is 0 Å². The largest absolute Gasteiger partial charge is 0.397 e. The fourth-order valence-corrected chi connectivity index (χ4v) is 3.51. The molecule has 0 atom stereocenters. The maximum absolute atomic E-state index is 10.7. The van der Waals surface area contributed by atoms with Crippen LogP contribution < -0.4 is 10.9 Å². The predicted octanol–water partition coefficient (Wildman–Crippen LogP) is 2.30. The molecule has 0 aliphatic carbocycles. The summed E-state index contributed by atoms with van der Waals surface area (Å²) < 4.78 is 69.1. The summed E-state index contributed by atoms with van der Waals surface area (Å²) in [6, 6.07) is 8.25. The molecule has 4 N–H and O–H groups in total. The van der Waals surface area contributed by atoms with Crippen LogP contribution in [0.4, 0.5) is 17.1 Å². The third-order valence-electron chi connectivity index (χ3n) is 2.59. The van der Waals surface area contributed by atoms with Crippen LogP contribution in [0.25, 0.3) is 0 Å². The van der Waals surface area contributed by atoms with E-state index in [0.717, 1.165) is 6.07 Å². The first-order valence-corrected chi connectivity index (χ1v) is 10.8. The molecule has 10 nitrogen and oxygen atoms in total. The Hall–Kier alpha value is -2.03. The standard InChI is InChI=1S/C6H4ClN3O4S2.C6H6ClNO2S/c7-3-1-4(8)6(10-16(13)14)2-5(3)9-15(11)12;7-5-3-1-2-4-6(5)11(8,9)10/h1-2H,8H2;1-4H,(H2,8,9,10). The number of hydrogen-bond donors (Lipinski definition) is 2. The second-order valence-corrected chi connectivity index (χ2v) is 8.03. The number of hydrogen-bond acceptors (Lipinski definition) is 9. The molecule has 0 aliphatic rings. The maximum atomic E-state index is 10.7. The van der Waals surface area contributed by atoms with E-state index in [9.17, 15) is 25.3 Å². The van der Waals surface area contributed by atoms with Crippen molar-refractivity contribution in [2.75, 3.05) is 5.73 Å². The Labute approximate surface area is 167 Å². The van der Waals surface area contributed by atoms with Gasteiger partial charge >= 0.3 is 21.0 Å². The van der Waals surface area contributed by atoms with Crippen molar-refractivity contribution < 1.29 is 25.3 Å². The maximum Gasteiger partial charge on any atom is 0.316 e. The van der Waals surface area contributed by atoms with Gasteiger partial charge in [0, 0.05) is 0 Å². The van der Waals surface area contributed by atoms with Crippen LogP contribution in [0.5, 0.6) is 0 Å². The number of halogens is 2. The van der Waals surface area contributed by atoms with E-state index in [4.69, 9.17) is 34.1 Å². The second-order valence-electron chi connectivity index (χ2n) is 4.45. The Kier molecular flexibility index (Phi) is 8.33. The van der Waals surface area contributed by atoms with Gasteiger partial charge in [-0.15, -0.1) is 8.73 Å². The number of benzene rings is 2. The van der Waals surface area contributed by atoms with Crippen molar-refractivity contribution in [3.63, 3.8) is 0 Å². The average molecular weight is 473 g/mol. The number of nitrogens with two attached hydrogens (primary N) is 2. The van der Waals surface area contributed by atoms with Crippen molar-refractivity contribution >= 4 is 71.3 Å². The quantitative estimate of drug-likeness (QED) is 0.642. The zero-order valence-corrected chi connectivity index (χ0v) is 16.9. The van der Waals surface area contributed by atoms with Crippen LogP contribution >= 0.6 is 23.2 Å². The molecule has 2 aromatic rings. The van der Waals surface area contributed by atoms with Crippen molar-refractivity contribution in [1.29, 1.82) is 0 Å². The van der Waals surface area contributed by atoms with Crippen LogP contribution in [0.3, 0.4) is 0 Å². The molecule has 0 aliphatic heterocycles. The number of rotatable bonds is 3. The fraction of sp³-hybridized carbons (Fsp3) is 0. The highest BCUT2D eigenvalue weighted by Gasteiger charge is 2.10. The zero-order valence-electron chi connectivity index (χ0n) is 12.9. The monoisotopic (exact) mass is 472 g/mol. The van der Waals surface area contributed by atoms with Gasteiger partial charge in [0.25, 0.3) is 0 Å². The summed E-state index contributed by atoms with van der Waals surface area (Å²) in [5.74, 6) is 0. The van der Waals surface area contributed by atoms with Crippen LogP contribution in [0.2, 0.25) is 10.0 Å². The molecule has 27 heavy (non-hydrogen) atoms. The van der Waals surface area contributed by atoms with Gasteiger partial charge in [-0.1, -0.05) is 35.3 Å². The van der Waals surface area contributed by atoms with Crippen molar-refractivity contribution in [3.05, 3.63) is 46.4 Å². The van der Waals surface area contributed by atoms with Crippen LogP contribution in [-0.2, 0) is 31.0 Å². The minimum atomic E-state index is -3.67. The third kappa shape index (κ3) is 7.62. The number of nitrogens with zero attached hydrogens (tertiary/aromatic N) is 2. The Morgan fingerprint density at radius 2 is 1.37 bits per heavy atom. The third-order valence-corrected chi connectivity index (χ3v) is 4.99. The second kappa shape index (κ2) is 9.77. The first-order chi connectivity index (χ1) is 12.4. The first-order valence-electron chi connectivity index (χ1n) is 6.40. The van der Waals surface area contributed by atoms with Crippen LogP contribution in [0, 0.1) is 0 Å². The molecule has 0 fully saturated rings. The highest BCUT2D eigenvalue weighted by atomic mass is 35.5. The number of nitrogen functional groups attached to an aromatic ring is 1. The van der Waals surface area contributed by atoms with E-state index in [-0.39, 0.29) is 32.0 Å². The van der Waals surface area contributed by atoms with E-state index in [1.54, 1.807) is 12.1 Å². The van der Waals surface area contributed by atoms with Gasteiger partial charge < -0.3 is 5.73 Å². The molecule has 0 radical (unpaired) electrons. The normalized spacial score (nSPS) is 10.3. The van der Waals surface area contributed by atoms with E-state index in [1.807, 2.05) is 0 Å². The molecular formula is C12H10Cl2N4O6S3. The van der Waals surface area contributed by atoms with Crippen LogP contribution in [0.15, 0.2) is 50.0 Å². The average Bonchev–Trinajstić information content (AvgIpc) is 2.51. The van der Waals surface area contributed by atoms with Gasteiger partial charge in [0.05, 0.1) is 15.7 Å². The summed E-state index contributed by atoms with van der Waals surface area (Å²) in [6.07, 6.45) is 0. The summed E-state index contributed by atoms with van der Waals surface area (Å²) in [4.78, 5) is -0.0401. The Balaban J connectivity index is 0.000000289. The Morgan fingerprint density at radius 3 is 1.81 bits per heavy atom. The Bertz CT molecular complexity index is 1170. The molecule has 2 aromatic carbocycles. The van der Waals surface area contributed by atoms with Crippen LogP contribution in [0.1, 0.15) is 0 Å². The highest BCUT2D eigenvalue weighted by Crippen LogP contribution is 2.34. The lowest BCUT2D eigenvalue weighted by Crippen LogP contribution is -2.12. The molecule has 0 heterocycles. The van der Waals surface area contributed by atoms with Gasteiger partial charge in [-0.25, -0.2) is 13.6 Å². The summed E-state index contributed by atoms with van der Waals surface area (Å²) in [6.45, 7) is 0. The van der Waals surface area contributed by atoms with Gasteiger partial charge in [-0.05, 0) is 24.3 Å². The van der Waals surface area contributed by atoms with Gasteiger partial charge in [0.1, 0.15) is 16.3 Å². The minimum absolute atomic E-state index is 0.00447. The minimum Gasteiger partial charge on any atom is -0.397 e. The summed E-state index contributed by atoms with van der Waals surface area (Å²) >= 11 is 11.2. The number of anilines is 1. The summed E-state index contributed by atoms with van der Waals surface area (Å²) in [5.41, 5.74) is 5.17. The molecule has 146 valence electrons. The Morgan fingerprint density at radius 1 is 0.852 bits per heavy atom. The smallest absolute Gasteiger partial charge is 0.316 e. The topological polar surface area (TPSA) is 179 Å².